The maximum absolute atomic E-state index is 16.4. The fraction of sp³-hybridized carbons (Fsp3) is 0.433. The predicted molar refractivity (Wildman–Crippen MR) is 299 cm³/mol. The molecule has 2 saturated heterocycles. The molecule has 8 heterocycles. The summed E-state index contributed by atoms with van der Waals surface area (Å²) in [5, 5.41) is 14.5. The monoisotopic (exact) mass is 1160 g/mol. The van der Waals surface area contributed by atoms with Gasteiger partial charge in [-0.15, -0.1) is 0 Å². The SMILES string of the molecule is CC1CCC([C@H](NC(=O)c2ccnn2C)c2nc3c(F)c(-c4cnccc4C(=O)N4CC(F)(F)C4)ccc3n2C)CC1.CC1CCC([C@H](NC(=O)c2ccnn2C)c2nc3ccc(-c4cnccc4C(=O)N4CC(F)(F)C4)c(F)c3n2C)CC1. The molecule has 8 aromatic rings. The Morgan fingerprint density at radius 3 is 1.42 bits per heavy atom. The van der Waals surface area contributed by atoms with Crippen LogP contribution in [0.15, 0.2) is 85.7 Å². The van der Waals surface area contributed by atoms with Crippen molar-refractivity contribution in [2.24, 2.45) is 51.9 Å². The van der Waals surface area contributed by atoms with E-state index in [2.05, 4.69) is 44.6 Å². The van der Waals surface area contributed by atoms with Crippen molar-refractivity contribution in [1.82, 2.24) is 69.1 Å². The maximum Gasteiger partial charge on any atom is 0.282 e. The molecule has 2 atom stereocenters. The van der Waals surface area contributed by atoms with E-state index in [0.29, 0.717) is 45.9 Å². The highest BCUT2D eigenvalue weighted by Crippen LogP contribution is 2.42. The van der Waals surface area contributed by atoms with E-state index >= 15 is 8.78 Å². The summed E-state index contributed by atoms with van der Waals surface area (Å²) in [7, 11) is 6.90. The van der Waals surface area contributed by atoms with E-state index in [1.807, 2.05) is 0 Å². The molecule has 440 valence electrons. The van der Waals surface area contributed by atoms with E-state index in [0.717, 1.165) is 61.2 Å². The topological polar surface area (TPSA) is 196 Å². The number of nitrogens with one attached hydrogen (secondary N) is 2. The van der Waals surface area contributed by atoms with Crippen molar-refractivity contribution in [2.75, 3.05) is 26.2 Å². The molecule has 0 bridgehead atoms. The second-order valence-corrected chi connectivity index (χ2v) is 23.1. The van der Waals surface area contributed by atoms with Crippen molar-refractivity contribution in [3.8, 4) is 22.3 Å². The number of hydrogen-bond acceptors (Lipinski definition) is 10. The van der Waals surface area contributed by atoms with E-state index in [4.69, 9.17) is 9.97 Å². The summed E-state index contributed by atoms with van der Waals surface area (Å²) in [6.07, 6.45) is 16.3. The molecular formula is C60H64F6N14O4. The normalized spacial score (nSPS) is 20.8. The summed E-state index contributed by atoms with van der Waals surface area (Å²) in [6, 6.07) is 11.6. The molecule has 2 aliphatic heterocycles. The minimum atomic E-state index is -2.92. The van der Waals surface area contributed by atoms with Gasteiger partial charge in [0.05, 0.1) is 60.4 Å². The molecule has 4 aliphatic rings. The number of halogens is 6. The smallest absolute Gasteiger partial charge is 0.282 e. The predicted octanol–water partition coefficient (Wildman–Crippen LogP) is 9.79. The first-order valence-electron chi connectivity index (χ1n) is 28.2. The quantitative estimate of drug-likeness (QED) is 0.111. The number of fused-ring (bicyclic) bond motifs is 2. The Morgan fingerprint density at radius 2 is 0.976 bits per heavy atom. The summed E-state index contributed by atoms with van der Waals surface area (Å²) in [6.45, 7) is 1.74. The van der Waals surface area contributed by atoms with Crippen LogP contribution < -0.4 is 10.6 Å². The van der Waals surface area contributed by atoms with Gasteiger partial charge in [-0.3, -0.25) is 38.5 Å². The first-order valence-corrected chi connectivity index (χ1v) is 28.2. The zero-order chi connectivity index (χ0) is 59.5. The highest BCUT2D eigenvalue weighted by atomic mass is 19.3. The molecule has 4 amide bonds. The molecule has 0 unspecified atom stereocenters. The number of rotatable bonds is 12. The van der Waals surface area contributed by atoms with Crippen molar-refractivity contribution in [3.05, 3.63) is 132 Å². The number of nitrogens with zero attached hydrogens (tertiary/aromatic N) is 12. The van der Waals surface area contributed by atoms with Gasteiger partial charge in [-0.1, -0.05) is 39.5 Å². The molecule has 4 fully saturated rings. The first kappa shape index (κ1) is 57.4. The van der Waals surface area contributed by atoms with Crippen LogP contribution in [-0.2, 0) is 28.2 Å². The first-order chi connectivity index (χ1) is 40.1. The van der Waals surface area contributed by atoms with Crippen LogP contribution in [-0.4, -0.2) is 120 Å². The highest BCUT2D eigenvalue weighted by molar-refractivity contribution is 6.03. The third kappa shape index (κ3) is 11.0. The summed E-state index contributed by atoms with van der Waals surface area (Å²) in [5.41, 5.74) is 2.85. The Hall–Kier alpha value is -8.44. The highest BCUT2D eigenvalue weighted by Gasteiger charge is 2.48. The van der Waals surface area contributed by atoms with Crippen LogP contribution in [0.5, 0.6) is 0 Å². The van der Waals surface area contributed by atoms with Crippen LogP contribution >= 0.6 is 0 Å². The second kappa shape index (κ2) is 22.6. The van der Waals surface area contributed by atoms with Crippen LogP contribution in [0.4, 0.5) is 26.3 Å². The number of pyridine rings is 2. The molecule has 6 aromatic heterocycles. The maximum atomic E-state index is 16.4. The number of aryl methyl sites for hydroxylation is 4. The molecule has 2 saturated carbocycles. The molecule has 18 nitrogen and oxygen atoms in total. The number of aromatic nitrogens is 10. The molecule has 2 aliphatic carbocycles. The Labute approximate surface area is 479 Å². The van der Waals surface area contributed by atoms with Crippen LogP contribution in [0, 0.1) is 35.3 Å². The van der Waals surface area contributed by atoms with Gasteiger partial charge in [-0.25, -0.2) is 36.3 Å². The Balaban J connectivity index is 0.000000175. The number of likely N-dealkylation sites (tertiary alicyclic amines) is 2. The van der Waals surface area contributed by atoms with Gasteiger partial charge in [-0.05, 0) is 97.9 Å². The Morgan fingerprint density at radius 1 is 0.536 bits per heavy atom. The zero-order valence-electron chi connectivity index (χ0n) is 47.3. The fourth-order valence-electron chi connectivity index (χ4n) is 12.4. The number of benzene rings is 2. The third-order valence-corrected chi connectivity index (χ3v) is 17.3. The number of amides is 4. The van der Waals surface area contributed by atoms with Crippen molar-refractivity contribution in [2.45, 2.75) is 89.1 Å². The lowest BCUT2D eigenvalue weighted by atomic mass is 9.79. The van der Waals surface area contributed by atoms with Crippen LogP contribution in [0.2, 0.25) is 0 Å². The minimum Gasteiger partial charge on any atom is -0.340 e. The van der Waals surface area contributed by atoms with Gasteiger partial charge < -0.3 is 29.6 Å². The van der Waals surface area contributed by atoms with Crippen molar-refractivity contribution in [3.63, 3.8) is 0 Å². The summed E-state index contributed by atoms with van der Waals surface area (Å²) < 4.78 is 92.9. The molecule has 0 radical (unpaired) electrons. The van der Waals surface area contributed by atoms with Crippen molar-refractivity contribution < 1.29 is 45.5 Å². The number of hydrogen-bond donors (Lipinski definition) is 2. The number of imidazole rings is 2. The van der Waals surface area contributed by atoms with Gasteiger partial charge in [-0.2, -0.15) is 10.2 Å². The standard InChI is InChI=1S/2C30H32F3N7O2/c1-17-4-6-18(7-5-17)25(37-28(41)23-11-13-35-39(23)3)27-36-26-22(38(27)2)9-8-19(24(26)31)21-14-34-12-10-20(21)29(42)40-15-30(32,33)16-40;1-17-4-6-18(7-5-17)25(37-28(41)23-11-13-35-39(23)3)27-36-22-9-8-19(24(31)26(22)38(27)2)21-14-34-12-10-20(21)29(42)40-15-30(32,33)16-40/h2*8-14,17-18,25H,4-7,15-16H2,1-3H3,(H,37,41)/t2*17?,18?,25-/m00/s1. The zero-order valence-corrected chi connectivity index (χ0v) is 47.3. The van der Waals surface area contributed by atoms with Gasteiger partial charge >= 0.3 is 0 Å². The van der Waals surface area contributed by atoms with Crippen molar-refractivity contribution in [1.29, 1.82) is 0 Å². The van der Waals surface area contributed by atoms with Crippen molar-refractivity contribution >= 4 is 45.7 Å². The van der Waals surface area contributed by atoms with Crippen LogP contribution in [0.3, 0.4) is 0 Å². The van der Waals surface area contributed by atoms with E-state index in [-0.39, 0.29) is 68.1 Å². The van der Waals surface area contributed by atoms with Gasteiger partial charge in [0.15, 0.2) is 11.6 Å². The molecule has 2 N–H and O–H groups in total. The largest absolute Gasteiger partial charge is 0.340 e. The van der Waals surface area contributed by atoms with Gasteiger partial charge in [0.1, 0.15) is 34.1 Å². The molecule has 0 spiro atoms. The third-order valence-electron chi connectivity index (χ3n) is 17.3. The van der Waals surface area contributed by atoms with E-state index in [1.54, 1.807) is 80.1 Å². The minimum absolute atomic E-state index is 0.0895. The van der Waals surface area contributed by atoms with E-state index in [9.17, 15) is 36.7 Å². The Kier molecular flexibility index (Phi) is 15.4. The number of carbonyl (C=O) groups is 4. The lowest BCUT2D eigenvalue weighted by Crippen LogP contribution is -2.58. The molecule has 2 aromatic carbocycles. The lowest BCUT2D eigenvalue weighted by Gasteiger charge is -2.38. The van der Waals surface area contributed by atoms with E-state index < -0.39 is 73.6 Å². The van der Waals surface area contributed by atoms with Gasteiger partial charge in [0.2, 0.25) is 0 Å². The number of carbonyl (C=O) groups excluding carboxylic acids is 4. The average molecular weight is 1160 g/mol. The fourth-order valence-corrected chi connectivity index (χ4v) is 12.4. The summed E-state index contributed by atoms with van der Waals surface area (Å²) in [5.74, 6) is -6.44. The van der Waals surface area contributed by atoms with Crippen LogP contribution in [0.25, 0.3) is 44.3 Å². The summed E-state index contributed by atoms with van der Waals surface area (Å²) in [4.78, 5) is 72.4. The molecule has 12 rings (SSSR count). The van der Waals surface area contributed by atoms with E-state index in [1.165, 1.54) is 52.4 Å². The average Bonchev–Trinajstić information content (AvgIpc) is 3.66. The van der Waals surface area contributed by atoms with Crippen LogP contribution in [0.1, 0.15) is 131 Å². The molecule has 24 heteroatoms. The summed E-state index contributed by atoms with van der Waals surface area (Å²) >= 11 is 0. The number of alkyl halides is 4. The molecular weight excluding hydrogens is 1090 g/mol. The molecule has 84 heavy (non-hydrogen) atoms. The van der Waals surface area contributed by atoms with Gasteiger partial charge in [0, 0.05) is 87.6 Å². The van der Waals surface area contributed by atoms with Gasteiger partial charge in [0.25, 0.3) is 35.5 Å². The second-order valence-electron chi connectivity index (χ2n) is 23.1. The lowest BCUT2D eigenvalue weighted by molar-refractivity contribution is -0.113. The Bertz CT molecular complexity index is 3740.